The normalized spacial score (nSPS) is 14.9. The molecule has 2 aromatic rings. The molecule has 0 spiro atoms. The van der Waals surface area contributed by atoms with Crippen LogP contribution in [-0.4, -0.2) is 34.5 Å². The van der Waals surface area contributed by atoms with Gasteiger partial charge in [0.2, 0.25) is 5.91 Å². The van der Waals surface area contributed by atoms with Crippen LogP contribution in [0.5, 0.6) is 5.75 Å². The summed E-state index contributed by atoms with van der Waals surface area (Å²) in [5.41, 5.74) is 0.525. The minimum Gasteiger partial charge on any atom is -0.507 e. The molecule has 1 aromatic carbocycles. The lowest BCUT2D eigenvalue weighted by Gasteiger charge is -2.29. The van der Waals surface area contributed by atoms with E-state index in [2.05, 4.69) is 15.6 Å². The molecule has 3 N–H and O–H groups in total. The van der Waals surface area contributed by atoms with Crippen molar-refractivity contribution in [3.63, 3.8) is 0 Å². The molecule has 0 unspecified atom stereocenters. The average Bonchev–Trinajstić information content (AvgIpc) is 3.07. The van der Waals surface area contributed by atoms with Crippen LogP contribution in [0.2, 0.25) is 0 Å². The van der Waals surface area contributed by atoms with Gasteiger partial charge in [0.15, 0.2) is 5.13 Å². The second-order valence-electron chi connectivity index (χ2n) is 7.19. The number of carbonyl (C=O) groups is 3. The second kappa shape index (κ2) is 6.99. The predicted octanol–water partition coefficient (Wildman–Crippen LogP) is 2.84. The van der Waals surface area contributed by atoms with Gasteiger partial charge in [0.1, 0.15) is 5.75 Å². The fourth-order valence-corrected chi connectivity index (χ4v) is 3.30. The minimum atomic E-state index is -0.553. The molecule has 1 aliphatic heterocycles. The molecular formula is C18H20N4O4S. The number of nitrogens with zero attached hydrogens (tertiary/aromatic N) is 2. The van der Waals surface area contributed by atoms with E-state index in [1.807, 2.05) is 20.8 Å². The Morgan fingerprint density at radius 1 is 1.33 bits per heavy atom. The van der Waals surface area contributed by atoms with Crippen molar-refractivity contribution in [2.45, 2.75) is 32.6 Å². The van der Waals surface area contributed by atoms with Crippen molar-refractivity contribution < 1.29 is 19.5 Å². The molecule has 2 heterocycles. The lowest BCUT2D eigenvalue weighted by molar-refractivity contribution is -0.120. The van der Waals surface area contributed by atoms with Crippen molar-refractivity contribution in [1.82, 2.24) is 10.3 Å². The Morgan fingerprint density at radius 2 is 2.07 bits per heavy atom. The standard InChI is InChI=1S/C18H20N4O4S/c1-18(2,3)12-9-10(22-6-4-13(23)20-17(22)26)8-11(14(12)24)15(25)21-16-19-5-7-27-16/h5,7-9,24H,4,6H2,1-3H3,(H,19,21,25)(H,20,23,26). The molecule has 0 radical (unpaired) electrons. The maximum absolute atomic E-state index is 12.7. The van der Waals surface area contributed by atoms with E-state index in [-0.39, 0.29) is 30.2 Å². The van der Waals surface area contributed by atoms with E-state index in [4.69, 9.17) is 0 Å². The SMILES string of the molecule is CC(C)(C)c1cc(N2CCC(=O)NC2=O)cc(C(=O)Nc2nccs2)c1O. The number of benzene rings is 1. The molecule has 27 heavy (non-hydrogen) atoms. The Labute approximate surface area is 160 Å². The third kappa shape index (κ3) is 3.92. The highest BCUT2D eigenvalue weighted by Gasteiger charge is 2.29. The summed E-state index contributed by atoms with van der Waals surface area (Å²) in [5, 5.41) is 17.7. The van der Waals surface area contributed by atoms with Gasteiger partial charge in [0, 0.05) is 35.8 Å². The Bertz CT molecular complexity index is 903. The summed E-state index contributed by atoms with van der Waals surface area (Å²) in [5.74, 6) is -1.01. The average molecular weight is 388 g/mol. The lowest BCUT2D eigenvalue weighted by atomic mass is 9.84. The number of aromatic hydroxyl groups is 1. The van der Waals surface area contributed by atoms with E-state index in [1.165, 1.54) is 22.3 Å². The van der Waals surface area contributed by atoms with Crippen LogP contribution in [0.3, 0.4) is 0 Å². The van der Waals surface area contributed by atoms with E-state index >= 15 is 0 Å². The number of phenols is 1. The molecule has 9 heteroatoms. The molecule has 0 atom stereocenters. The number of imide groups is 1. The topological polar surface area (TPSA) is 112 Å². The van der Waals surface area contributed by atoms with Gasteiger partial charge in [-0.05, 0) is 17.5 Å². The van der Waals surface area contributed by atoms with Crippen LogP contribution in [-0.2, 0) is 10.2 Å². The summed E-state index contributed by atoms with van der Waals surface area (Å²) in [6.07, 6.45) is 1.73. The summed E-state index contributed by atoms with van der Waals surface area (Å²) in [4.78, 5) is 41.7. The second-order valence-corrected chi connectivity index (χ2v) is 8.08. The first-order chi connectivity index (χ1) is 12.7. The minimum absolute atomic E-state index is 0.0392. The van der Waals surface area contributed by atoms with Crippen LogP contribution >= 0.6 is 11.3 Å². The molecule has 0 aliphatic carbocycles. The Kier molecular flexibility index (Phi) is 4.88. The van der Waals surface area contributed by atoms with Crippen molar-refractivity contribution in [2.75, 3.05) is 16.8 Å². The van der Waals surface area contributed by atoms with Crippen LogP contribution in [0.15, 0.2) is 23.7 Å². The molecule has 142 valence electrons. The zero-order valence-electron chi connectivity index (χ0n) is 15.2. The highest BCUT2D eigenvalue weighted by atomic mass is 32.1. The van der Waals surface area contributed by atoms with E-state index in [9.17, 15) is 19.5 Å². The number of thiazole rings is 1. The van der Waals surface area contributed by atoms with Gasteiger partial charge in [-0.3, -0.25) is 25.1 Å². The number of anilines is 2. The maximum Gasteiger partial charge on any atom is 0.328 e. The Balaban J connectivity index is 2.05. The zero-order valence-corrected chi connectivity index (χ0v) is 16.0. The van der Waals surface area contributed by atoms with Gasteiger partial charge < -0.3 is 5.11 Å². The summed E-state index contributed by atoms with van der Waals surface area (Å²) in [7, 11) is 0. The number of phenolic OH excluding ortho intramolecular Hbond substituents is 1. The third-order valence-electron chi connectivity index (χ3n) is 4.17. The van der Waals surface area contributed by atoms with E-state index in [1.54, 1.807) is 17.6 Å². The van der Waals surface area contributed by atoms with E-state index in [0.29, 0.717) is 16.4 Å². The lowest BCUT2D eigenvalue weighted by Crippen LogP contribution is -2.49. The smallest absolute Gasteiger partial charge is 0.328 e. The van der Waals surface area contributed by atoms with E-state index in [0.717, 1.165) is 0 Å². The zero-order chi connectivity index (χ0) is 19.8. The molecule has 0 bridgehead atoms. The highest BCUT2D eigenvalue weighted by molar-refractivity contribution is 7.13. The number of carbonyl (C=O) groups excluding carboxylic acids is 3. The van der Waals surface area contributed by atoms with Crippen LogP contribution in [0.1, 0.15) is 43.1 Å². The summed E-state index contributed by atoms with van der Waals surface area (Å²) >= 11 is 1.26. The van der Waals surface area contributed by atoms with Crippen LogP contribution in [0, 0.1) is 0 Å². The van der Waals surface area contributed by atoms with E-state index < -0.39 is 17.4 Å². The largest absolute Gasteiger partial charge is 0.507 e. The van der Waals surface area contributed by atoms with Crippen molar-refractivity contribution in [3.05, 3.63) is 34.8 Å². The van der Waals surface area contributed by atoms with Crippen LogP contribution < -0.4 is 15.5 Å². The number of amides is 4. The number of hydrogen-bond donors (Lipinski definition) is 3. The van der Waals surface area contributed by atoms with Crippen molar-refractivity contribution in [1.29, 1.82) is 0 Å². The van der Waals surface area contributed by atoms with Crippen molar-refractivity contribution in [2.24, 2.45) is 0 Å². The first-order valence-corrected chi connectivity index (χ1v) is 9.24. The van der Waals surface area contributed by atoms with Gasteiger partial charge in [-0.2, -0.15) is 0 Å². The molecule has 8 nitrogen and oxygen atoms in total. The molecule has 4 amide bonds. The summed E-state index contributed by atoms with van der Waals surface area (Å²) < 4.78 is 0. The molecule has 1 aliphatic rings. The van der Waals surface area contributed by atoms with Gasteiger partial charge in [-0.25, -0.2) is 9.78 Å². The predicted molar refractivity (Wildman–Crippen MR) is 102 cm³/mol. The quantitative estimate of drug-likeness (QED) is 0.749. The van der Waals surface area contributed by atoms with Gasteiger partial charge in [0.05, 0.1) is 5.56 Å². The fourth-order valence-electron chi connectivity index (χ4n) is 2.78. The van der Waals surface area contributed by atoms with Crippen LogP contribution in [0.4, 0.5) is 15.6 Å². The monoisotopic (exact) mass is 388 g/mol. The summed E-state index contributed by atoms with van der Waals surface area (Å²) in [6, 6.07) is 2.57. The van der Waals surface area contributed by atoms with Crippen molar-refractivity contribution in [3.8, 4) is 5.75 Å². The van der Waals surface area contributed by atoms with Crippen molar-refractivity contribution >= 4 is 40.0 Å². The summed E-state index contributed by atoms with van der Waals surface area (Å²) in [6.45, 7) is 5.89. The fraction of sp³-hybridized carbons (Fsp3) is 0.333. The Hall–Kier alpha value is -2.94. The molecular weight excluding hydrogens is 368 g/mol. The number of hydrogen-bond acceptors (Lipinski definition) is 6. The first-order valence-electron chi connectivity index (χ1n) is 8.36. The van der Waals surface area contributed by atoms with Gasteiger partial charge >= 0.3 is 6.03 Å². The first kappa shape index (κ1) is 18.8. The van der Waals surface area contributed by atoms with Gasteiger partial charge in [-0.15, -0.1) is 11.3 Å². The molecule has 1 aromatic heterocycles. The number of nitrogens with one attached hydrogen (secondary N) is 2. The Morgan fingerprint density at radius 3 is 2.67 bits per heavy atom. The number of rotatable bonds is 3. The molecule has 0 saturated carbocycles. The molecule has 1 saturated heterocycles. The van der Waals surface area contributed by atoms with Gasteiger partial charge in [0.25, 0.3) is 5.91 Å². The molecule has 3 rings (SSSR count). The van der Waals surface area contributed by atoms with Crippen LogP contribution in [0.25, 0.3) is 0 Å². The van der Waals surface area contributed by atoms with Gasteiger partial charge in [-0.1, -0.05) is 20.8 Å². The third-order valence-corrected chi connectivity index (χ3v) is 4.85. The molecule has 1 fully saturated rings. The number of aromatic nitrogens is 1. The number of urea groups is 1. The maximum atomic E-state index is 12.7. The highest BCUT2D eigenvalue weighted by Crippen LogP contribution is 2.37.